The second kappa shape index (κ2) is 3.57. The zero-order valence-corrected chi connectivity index (χ0v) is 8.44. The third-order valence-corrected chi connectivity index (χ3v) is 2.09. The lowest BCUT2D eigenvalue weighted by atomic mass is 9.97. The lowest BCUT2D eigenvalue weighted by molar-refractivity contribution is -0.174. The first-order chi connectivity index (χ1) is 6.36. The van der Waals surface area contributed by atoms with Crippen LogP contribution in [0.5, 0.6) is 0 Å². The Morgan fingerprint density at radius 1 is 1.71 bits per heavy atom. The van der Waals surface area contributed by atoms with Crippen molar-refractivity contribution in [1.82, 2.24) is 0 Å². The third-order valence-electron chi connectivity index (χ3n) is 2.09. The van der Waals surface area contributed by atoms with Crippen molar-refractivity contribution in [2.75, 3.05) is 0 Å². The molecule has 5 nitrogen and oxygen atoms in total. The van der Waals surface area contributed by atoms with E-state index in [4.69, 9.17) is 4.74 Å². The van der Waals surface area contributed by atoms with Gasteiger partial charge in [0, 0.05) is 0 Å². The summed E-state index contributed by atoms with van der Waals surface area (Å²) in [4.78, 5) is 22.3. The first-order valence-corrected chi connectivity index (χ1v) is 4.49. The molecule has 0 saturated carbocycles. The number of aliphatic hydroxyl groups is 1. The van der Waals surface area contributed by atoms with E-state index in [1.165, 1.54) is 6.92 Å². The molecule has 5 heteroatoms. The highest BCUT2D eigenvalue weighted by Crippen LogP contribution is 2.28. The molecule has 1 aliphatic heterocycles. The fourth-order valence-corrected chi connectivity index (χ4v) is 1.25. The van der Waals surface area contributed by atoms with Gasteiger partial charge in [-0.2, -0.15) is 0 Å². The molecule has 80 valence electrons. The number of ether oxygens (including phenoxy) is 2. The first-order valence-electron chi connectivity index (χ1n) is 4.49. The summed E-state index contributed by atoms with van der Waals surface area (Å²) in [7, 11) is 0. The van der Waals surface area contributed by atoms with E-state index in [0.29, 0.717) is 0 Å². The van der Waals surface area contributed by atoms with Crippen LogP contribution in [0.15, 0.2) is 0 Å². The summed E-state index contributed by atoms with van der Waals surface area (Å²) >= 11 is 0. The Morgan fingerprint density at radius 3 is 2.64 bits per heavy atom. The normalized spacial score (nSPS) is 31.8. The van der Waals surface area contributed by atoms with Crippen LogP contribution >= 0.6 is 0 Å². The summed E-state index contributed by atoms with van der Waals surface area (Å²) in [5, 5.41) is 9.83. The van der Waals surface area contributed by atoms with Crippen LogP contribution in [0.4, 0.5) is 0 Å². The van der Waals surface area contributed by atoms with Crippen molar-refractivity contribution in [3.8, 4) is 0 Å². The molecular formula is C9H14O5. The average Bonchev–Trinajstić information content (AvgIpc) is 2.25. The predicted molar refractivity (Wildman–Crippen MR) is 46.3 cm³/mol. The molecule has 1 rings (SSSR count). The van der Waals surface area contributed by atoms with E-state index in [1.807, 2.05) is 0 Å². The molecule has 0 unspecified atom stereocenters. The molecule has 1 fully saturated rings. The second-order valence-electron chi connectivity index (χ2n) is 3.69. The molecule has 0 spiro atoms. The molecule has 1 saturated heterocycles. The van der Waals surface area contributed by atoms with E-state index in [0.717, 1.165) is 0 Å². The maximum Gasteiger partial charge on any atom is 0.342 e. The molecule has 0 aromatic heterocycles. The SMILES string of the molecule is CC(C)OC(=O)[C@]1(O)CC(=O)O[C@@H]1C. The maximum atomic E-state index is 11.4. The summed E-state index contributed by atoms with van der Waals surface area (Å²) < 4.78 is 9.52. The number of rotatable bonds is 2. The minimum atomic E-state index is -1.82. The van der Waals surface area contributed by atoms with Gasteiger partial charge in [-0.3, -0.25) is 4.79 Å². The van der Waals surface area contributed by atoms with Crippen molar-refractivity contribution in [2.45, 2.75) is 45.0 Å². The summed E-state index contributed by atoms with van der Waals surface area (Å²) in [5.41, 5.74) is -1.82. The zero-order chi connectivity index (χ0) is 10.9. The van der Waals surface area contributed by atoms with Gasteiger partial charge in [0.05, 0.1) is 12.5 Å². The summed E-state index contributed by atoms with van der Waals surface area (Å²) in [6.07, 6.45) is -1.50. The largest absolute Gasteiger partial charge is 0.461 e. The van der Waals surface area contributed by atoms with E-state index in [-0.39, 0.29) is 12.5 Å². The fourth-order valence-electron chi connectivity index (χ4n) is 1.25. The highest BCUT2D eigenvalue weighted by atomic mass is 16.6. The molecule has 14 heavy (non-hydrogen) atoms. The van der Waals surface area contributed by atoms with Crippen LogP contribution in [-0.4, -0.2) is 34.9 Å². The first kappa shape index (κ1) is 11.0. The van der Waals surface area contributed by atoms with Crippen LogP contribution < -0.4 is 0 Å². The van der Waals surface area contributed by atoms with E-state index in [1.54, 1.807) is 13.8 Å². The molecule has 1 aliphatic rings. The molecule has 0 radical (unpaired) electrons. The number of esters is 2. The van der Waals surface area contributed by atoms with Crippen LogP contribution in [0.2, 0.25) is 0 Å². The van der Waals surface area contributed by atoms with Crippen LogP contribution in [0.3, 0.4) is 0 Å². The van der Waals surface area contributed by atoms with E-state index < -0.39 is 23.6 Å². The van der Waals surface area contributed by atoms with Crippen molar-refractivity contribution in [3.63, 3.8) is 0 Å². The topological polar surface area (TPSA) is 72.8 Å². The average molecular weight is 202 g/mol. The lowest BCUT2D eigenvalue weighted by Crippen LogP contribution is -2.46. The van der Waals surface area contributed by atoms with Gasteiger partial charge >= 0.3 is 11.9 Å². The van der Waals surface area contributed by atoms with Gasteiger partial charge in [0.25, 0.3) is 0 Å². The van der Waals surface area contributed by atoms with Crippen LogP contribution in [0.1, 0.15) is 27.2 Å². The quantitative estimate of drug-likeness (QED) is 0.638. The van der Waals surface area contributed by atoms with E-state index in [2.05, 4.69) is 4.74 Å². The molecule has 0 amide bonds. The van der Waals surface area contributed by atoms with Gasteiger partial charge in [-0.05, 0) is 20.8 Å². The molecule has 0 aromatic carbocycles. The van der Waals surface area contributed by atoms with Gasteiger partial charge in [-0.1, -0.05) is 0 Å². The minimum absolute atomic E-state index is 0.325. The third kappa shape index (κ3) is 1.87. The molecular weight excluding hydrogens is 188 g/mol. The fraction of sp³-hybridized carbons (Fsp3) is 0.778. The van der Waals surface area contributed by atoms with Gasteiger partial charge in [0.15, 0.2) is 0 Å². The Labute approximate surface area is 82.0 Å². The van der Waals surface area contributed by atoms with Crippen LogP contribution in [0.25, 0.3) is 0 Å². The van der Waals surface area contributed by atoms with Crippen molar-refractivity contribution >= 4 is 11.9 Å². The molecule has 0 aromatic rings. The summed E-state index contributed by atoms with van der Waals surface area (Å²) in [5.74, 6) is -1.38. The Morgan fingerprint density at radius 2 is 2.29 bits per heavy atom. The van der Waals surface area contributed by atoms with Gasteiger partial charge in [-0.15, -0.1) is 0 Å². The number of carbonyl (C=O) groups is 2. The predicted octanol–water partition coefficient (Wildman–Crippen LogP) is 0.00450. The summed E-state index contributed by atoms with van der Waals surface area (Å²) in [6, 6.07) is 0. The molecule has 0 aliphatic carbocycles. The lowest BCUT2D eigenvalue weighted by Gasteiger charge is -2.23. The summed E-state index contributed by atoms with van der Waals surface area (Å²) in [6.45, 7) is 4.81. The smallest absolute Gasteiger partial charge is 0.342 e. The number of hydrogen-bond acceptors (Lipinski definition) is 5. The molecule has 1 N–H and O–H groups in total. The number of cyclic esters (lactones) is 1. The van der Waals surface area contributed by atoms with Crippen molar-refractivity contribution < 1.29 is 24.2 Å². The van der Waals surface area contributed by atoms with Crippen LogP contribution in [0, 0.1) is 0 Å². The van der Waals surface area contributed by atoms with Gasteiger partial charge in [-0.25, -0.2) is 4.79 Å². The van der Waals surface area contributed by atoms with Gasteiger partial charge < -0.3 is 14.6 Å². The Kier molecular flexibility index (Phi) is 2.80. The Hall–Kier alpha value is -1.10. The monoisotopic (exact) mass is 202 g/mol. The number of hydrogen-bond donors (Lipinski definition) is 1. The van der Waals surface area contributed by atoms with Gasteiger partial charge in [0.1, 0.15) is 6.10 Å². The molecule has 0 bridgehead atoms. The van der Waals surface area contributed by atoms with Gasteiger partial charge in [0.2, 0.25) is 5.60 Å². The van der Waals surface area contributed by atoms with E-state index in [9.17, 15) is 14.7 Å². The Balaban J connectivity index is 2.74. The highest BCUT2D eigenvalue weighted by Gasteiger charge is 2.52. The van der Waals surface area contributed by atoms with Crippen molar-refractivity contribution in [1.29, 1.82) is 0 Å². The number of carbonyl (C=O) groups excluding carboxylic acids is 2. The zero-order valence-electron chi connectivity index (χ0n) is 8.44. The van der Waals surface area contributed by atoms with Crippen molar-refractivity contribution in [2.24, 2.45) is 0 Å². The van der Waals surface area contributed by atoms with E-state index >= 15 is 0 Å². The van der Waals surface area contributed by atoms with Crippen molar-refractivity contribution in [3.05, 3.63) is 0 Å². The molecule has 2 atom stereocenters. The highest BCUT2D eigenvalue weighted by molar-refractivity contribution is 5.89. The Bertz CT molecular complexity index is 260. The molecule has 1 heterocycles. The standard InChI is InChI=1S/C9H14O5/c1-5(2)13-8(11)9(12)4-7(10)14-6(9)3/h5-6,12H,4H2,1-3H3/t6-,9+/m1/s1. The maximum absolute atomic E-state index is 11.4. The second-order valence-corrected chi connectivity index (χ2v) is 3.69. The van der Waals surface area contributed by atoms with Crippen LogP contribution in [-0.2, 0) is 19.1 Å². The minimum Gasteiger partial charge on any atom is -0.461 e.